The molecule has 0 atom stereocenters. The molecule has 82 valence electrons. The van der Waals surface area contributed by atoms with E-state index in [-0.39, 0.29) is 0 Å². The Morgan fingerprint density at radius 1 is 1.38 bits per heavy atom. The summed E-state index contributed by atoms with van der Waals surface area (Å²) in [6, 6.07) is 9.54. The summed E-state index contributed by atoms with van der Waals surface area (Å²) in [5, 5.41) is 14.4. The second kappa shape index (κ2) is 4.14. The van der Waals surface area contributed by atoms with Crippen LogP contribution in [0.1, 0.15) is 11.3 Å². The third-order valence-electron chi connectivity index (χ3n) is 2.26. The molecule has 5 nitrogen and oxygen atoms in total. The predicted molar refractivity (Wildman–Crippen MR) is 57.7 cm³/mol. The minimum atomic E-state index is -0.538. The first kappa shape index (κ1) is 10.4. The van der Waals surface area contributed by atoms with Gasteiger partial charge in [0.1, 0.15) is 0 Å². The van der Waals surface area contributed by atoms with Crippen molar-refractivity contribution >= 4 is 0 Å². The minimum Gasteiger partial charge on any atom is -0.594 e. The monoisotopic (exact) mass is 217 g/mol. The van der Waals surface area contributed by atoms with E-state index >= 15 is 0 Å². The fraction of sp³-hybridized carbons (Fsp3) is 0.182. The van der Waals surface area contributed by atoms with Crippen molar-refractivity contribution in [3.63, 3.8) is 0 Å². The fourth-order valence-corrected chi connectivity index (χ4v) is 1.44. The molecule has 1 heterocycles. The van der Waals surface area contributed by atoms with Gasteiger partial charge in [0.15, 0.2) is 0 Å². The van der Waals surface area contributed by atoms with Crippen LogP contribution in [0.4, 0.5) is 0 Å². The molecule has 16 heavy (non-hydrogen) atoms. The lowest BCUT2D eigenvalue weighted by Crippen LogP contribution is -2.44. The molecule has 0 N–H and O–H groups in total. The van der Waals surface area contributed by atoms with E-state index in [1.54, 1.807) is 6.92 Å². The van der Waals surface area contributed by atoms with Crippen LogP contribution in [-0.4, -0.2) is 9.67 Å². The summed E-state index contributed by atoms with van der Waals surface area (Å²) < 4.78 is 1.42. The van der Waals surface area contributed by atoms with Crippen LogP contribution in [0.15, 0.2) is 41.3 Å². The van der Waals surface area contributed by atoms with E-state index in [1.807, 2.05) is 30.3 Å². The van der Waals surface area contributed by atoms with Crippen LogP contribution in [0, 0.1) is 12.1 Å². The second-order valence-electron chi connectivity index (χ2n) is 3.54. The number of hydrogen-bond acceptors (Lipinski definition) is 3. The maximum absolute atomic E-state index is 11.4. The fourth-order valence-electron chi connectivity index (χ4n) is 1.44. The van der Waals surface area contributed by atoms with E-state index in [0.29, 0.717) is 17.1 Å². The van der Waals surface area contributed by atoms with Crippen LogP contribution in [-0.2, 0) is 6.54 Å². The van der Waals surface area contributed by atoms with Gasteiger partial charge in [0.25, 0.3) is 0 Å². The van der Waals surface area contributed by atoms with Crippen LogP contribution >= 0.6 is 0 Å². The molecule has 1 aromatic heterocycles. The van der Waals surface area contributed by atoms with Gasteiger partial charge in [-0.25, -0.2) is 4.79 Å². The molecule has 0 saturated heterocycles. The first-order chi connectivity index (χ1) is 7.66. The van der Waals surface area contributed by atoms with E-state index < -0.39 is 5.69 Å². The van der Waals surface area contributed by atoms with Gasteiger partial charge < -0.3 is 5.21 Å². The molecule has 0 aliphatic heterocycles. The van der Waals surface area contributed by atoms with Gasteiger partial charge in [0.05, 0.1) is 17.8 Å². The third kappa shape index (κ3) is 2.08. The Labute approximate surface area is 92.2 Å². The van der Waals surface area contributed by atoms with Gasteiger partial charge in [0, 0.05) is 6.92 Å². The van der Waals surface area contributed by atoms with Crippen LogP contribution in [0.3, 0.4) is 0 Å². The van der Waals surface area contributed by atoms with Crippen molar-refractivity contribution in [1.82, 2.24) is 9.67 Å². The summed E-state index contributed by atoms with van der Waals surface area (Å²) in [7, 11) is 0. The lowest BCUT2D eigenvalue weighted by Gasteiger charge is -2.04. The minimum absolute atomic E-state index is 0.337. The SMILES string of the molecule is Cc1cn(Cc2ccccc2)c(=O)n[n+]1[O-]. The number of nitrogens with zero attached hydrogens (tertiary/aromatic N) is 3. The Morgan fingerprint density at radius 2 is 2.06 bits per heavy atom. The highest BCUT2D eigenvalue weighted by molar-refractivity contribution is 5.14. The van der Waals surface area contributed by atoms with Gasteiger partial charge in [-0.15, -0.1) is 0 Å². The molecule has 2 aromatic rings. The van der Waals surface area contributed by atoms with Gasteiger partial charge in [-0.1, -0.05) is 30.3 Å². The highest BCUT2D eigenvalue weighted by Gasteiger charge is 2.06. The molecular formula is C11H11N3O2. The number of rotatable bonds is 2. The first-order valence-electron chi connectivity index (χ1n) is 4.88. The highest BCUT2D eigenvalue weighted by Crippen LogP contribution is 1.99. The van der Waals surface area contributed by atoms with Crippen molar-refractivity contribution in [2.75, 3.05) is 0 Å². The van der Waals surface area contributed by atoms with Crippen molar-refractivity contribution < 1.29 is 4.85 Å². The quantitative estimate of drug-likeness (QED) is 0.534. The summed E-state index contributed by atoms with van der Waals surface area (Å²) >= 11 is 0. The van der Waals surface area contributed by atoms with Crippen molar-refractivity contribution in [3.8, 4) is 0 Å². The smallest absolute Gasteiger partial charge is 0.409 e. The van der Waals surface area contributed by atoms with Gasteiger partial charge >= 0.3 is 5.69 Å². The Balaban J connectivity index is 2.36. The predicted octanol–water partition coefficient (Wildman–Crippen LogP) is 0.233. The molecule has 0 aliphatic carbocycles. The van der Waals surface area contributed by atoms with Gasteiger partial charge in [-0.2, -0.15) is 0 Å². The molecular weight excluding hydrogens is 206 g/mol. The lowest BCUT2D eigenvalue weighted by molar-refractivity contribution is -0.678. The summed E-state index contributed by atoms with van der Waals surface area (Å²) in [6.45, 7) is 2.04. The molecule has 1 aromatic carbocycles. The van der Waals surface area contributed by atoms with Crippen molar-refractivity contribution in [3.05, 3.63) is 63.5 Å². The van der Waals surface area contributed by atoms with Crippen LogP contribution in [0.2, 0.25) is 0 Å². The Kier molecular flexibility index (Phi) is 2.68. The largest absolute Gasteiger partial charge is 0.594 e. The number of benzene rings is 1. The topological polar surface area (TPSA) is 61.8 Å². The zero-order valence-electron chi connectivity index (χ0n) is 8.83. The number of hydrogen-bond donors (Lipinski definition) is 0. The van der Waals surface area contributed by atoms with E-state index in [9.17, 15) is 10.0 Å². The molecule has 0 saturated carbocycles. The molecule has 0 spiro atoms. The maximum atomic E-state index is 11.4. The van der Waals surface area contributed by atoms with Crippen LogP contribution in [0.25, 0.3) is 0 Å². The average Bonchev–Trinajstić information content (AvgIpc) is 2.27. The van der Waals surface area contributed by atoms with Gasteiger partial charge in [0.2, 0.25) is 5.69 Å². The molecule has 2 rings (SSSR count). The normalized spacial score (nSPS) is 10.3. The average molecular weight is 217 g/mol. The van der Waals surface area contributed by atoms with Crippen molar-refractivity contribution in [1.29, 1.82) is 0 Å². The van der Waals surface area contributed by atoms with E-state index in [4.69, 9.17) is 0 Å². The summed E-state index contributed by atoms with van der Waals surface area (Å²) in [6.07, 6.45) is 1.51. The first-order valence-corrected chi connectivity index (χ1v) is 4.88. The maximum Gasteiger partial charge on any atom is 0.409 e. The van der Waals surface area contributed by atoms with Gasteiger partial charge in [-0.05, 0) is 10.4 Å². The second-order valence-corrected chi connectivity index (χ2v) is 3.54. The highest BCUT2D eigenvalue weighted by atomic mass is 16.5. The van der Waals surface area contributed by atoms with Crippen molar-refractivity contribution in [2.24, 2.45) is 0 Å². The summed E-state index contributed by atoms with van der Waals surface area (Å²) in [5.41, 5.74) is 0.856. The van der Waals surface area contributed by atoms with Crippen LogP contribution in [0.5, 0.6) is 0 Å². The summed E-state index contributed by atoms with van der Waals surface area (Å²) in [4.78, 5) is 11.8. The Morgan fingerprint density at radius 3 is 2.75 bits per heavy atom. The molecule has 0 fully saturated rings. The third-order valence-corrected chi connectivity index (χ3v) is 2.26. The van der Waals surface area contributed by atoms with Gasteiger partial charge in [-0.3, -0.25) is 4.57 Å². The Hall–Kier alpha value is -2.17. The standard InChI is InChI=1S/C11H11N3O2/c1-9-7-13(11(15)12-14(9)16)8-10-5-3-2-4-6-10/h2-7H,8H2,1H3. The van der Waals surface area contributed by atoms with Crippen LogP contribution < -0.4 is 10.5 Å². The molecule has 0 amide bonds. The number of aromatic nitrogens is 3. The zero-order valence-corrected chi connectivity index (χ0v) is 8.83. The molecule has 0 unspecified atom stereocenters. The Bertz CT molecular complexity index is 549. The van der Waals surface area contributed by atoms with Crippen molar-refractivity contribution in [2.45, 2.75) is 13.5 Å². The summed E-state index contributed by atoms with van der Waals surface area (Å²) in [5.74, 6) is 0. The lowest BCUT2D eigenvalue weighted by atomic mass is 10.2. The zero-order chi connectivity index (χ0) is 11.5. The number of aryl methyl sites for hydroxylation is 1. The molecule has 0 bridgehead atoms. The van der Waals surface area contributed by atoms with E-state index in [1.165, 1.54) is 10.8 Å². The van der Waals surface area contributed by atoms with E-state index in [2.05, 4.69) is 5.10 Å². The molecule has 0 aliphatic rings. The molecule has 5 heteroatoms. The van der Waals surface area contributed by atoms with E-state index in [0.717, 1.165) is 5.56 Å². The molecule has 0 radical (unpaired) electrons.